The van der Waals surface area contributed by atoms with Crippen LogP contribution >= 0.6 is 0 Å². The topological polar surface area (TPSA) is 72.7 Å². The minimum Gasteiger partial charge on any atom is -0.354 e. The second kappa shape index (κ2) is 7.65. The molecule has 0 aliphatic carbocycles. The van der Waals surface area contributed by atoms with Gasteiger partial charge in [-0.25, -0.2) is 4.39 Å². The van der Waals surface area contributed by atoms with E-state index >= 15 is 0 Å². The highest BCUT2D eigenvalue weighted by Gasteiger charge is 2.22. The average Bonchev–Trinajstić information content (AvgIpc) is 3.09. The third kappa shape index (κ3) is 4.75. The van der Waals surface area contributed by atoms with E-state index in [1.54, 1.807) is 6.07 Å². The van der Waals surface area contributed by atoms with E-state index in [2.05, 4.69) is 20.7 Å². The highest BCUT2D eigenvalue weighted by Crippen LogP contribution is 2.22. The number of hydrogen-bond donors (Lipinski definition) is 1. The molecule has 1 heterocycles. The molecule has 1 amide bonds. The predicted octanol–water partition coefficient (Wildman–Crippen LogP) is 2.88. The fraction of sp³-hybridized carbons (Fsp3) is 0.300. The van der Waals surface area contributed by atoms with E-state index in [4.69, 9.17) is 0 Å². The van der Waals surface area contributed by atoms with E-state index in [0.29, 0.717) is 12.4 Å². The highest BCUT2D eigenvalue weighted by atomic mass is 19.1. The molecular weight excluding hydrogens is 345 g/mol. The quantitative estimate of drug-likeness (QED) is 0.727. The fourth-order valence-corrected chi connectivity index (χ4v) is 2.64. The molecule has 3 rings (SSSR count). The van der Waals surface area contributed by atoms with Gasteiger partial charge in [0.25, 0.3) is 0 Å². The monoisotopic (exact) mass is 367 g/mol. The summed E-state index contributed by atoms with van der Waals surface area (Å²) in [6.07, 6.45) is 0. The van der Waals surface area contributed by atoms with Gasteiger partial charge in [-0.1, -0.05) is 55.8 Å². The van der Waals surface area contributed by atoms with Gasteiger partial charge in [-0.05, 0) is 29.8 Å². The van der Waals surface area contributed by atoms with Crippen molar-refractivity contribution >= 4 is 5.91 Å². The van der Waals surface area contributed by atoms with E-state index in [0.717, 1.165) is 16.7 Å². The Labute approximate surface area is 157 Å². The number of tetrazole rings is 1. The summed E-state index contributed by atoms with van der Waals surface area (Å²) < 4.78 is 13.4. The SMILES string of the molecule is Cc1ccc(-c2nnn(CC(=O)NCC(C)(C)c3cccc(F)c3)n2)cc1. The van der Waals surface area contributed by atoms with E-state index in [9.17, 15) is 9.18 Å². The number of carbonyl (C=O) groups excluding carboxylic acids is 1. The Hall–Kier alpha value is -3.09. The van der Waals surface area contributed by atoms with Crippen LogP contribution in [0.25, 0.3) is 11.4 Å². The van der Waals surface area contributed by atoms with Crippen LogP contribution in [0.3, 0.4) is 0 Å². The molecule has 3 aromatic rings. The Balaban J connectivity index is 1.59. The lowest BCUT2D eigenvalue weighted by Crippen LogP contribution is -2.38. The molecule has 0 unspecified atom stereocenters. The van der Waals surface area contributed by atoms with Crippen molar-refractivity contribution in [3.63, 3.8) is 0 Å². The lowest BCUT2D eigenvalue weighted by molar-refractivity contribution is -0.122. The lowest BCUT2D eigenvalue weighted by Gasteiger charge is -2.25. The van der Waals surface area contributed by atoms with Crippen molar-refractivity contribution in [1.82, 2.24) is 25.5 Å². The Morgan fingerprint density at radius 3 is 2.63 bits per heavy atom. The number of nitrogens with one attached hydrogen (secondary N) is 1. The number of hydrogen-bond acceptors (Lipinski definition) is 4. The Bertz CT molecular complexity index is 934. The third-order valence-electron chi connectivity index (χ3n) is 4.38. The van der Waals surface area contributed by atoms with Gasteiger partial charge in [-0.2, -0.15) is 4.80 Å². The van der Waals surface area contributed by atoms with E-state index < -0.39 is 5.41 Å². The largest absolute Gasteiger partial charge is 0.354 e. The van der Waals surface area contributed by atoms with E-state index in [1.807, 2.05) is 51.1 Å². The van der Waals surface area contributed by atoms with Gasteiger partial charge >= 0.3 is 0 Å². The molecule has 140 valence electrons. The van der Waals surface area contributed by atoms with Gasteiger partial charge in [0.2, 0.25) is 11.7 Å². The van der Waals surface area contributed by atoms with Crippen LogP contribution in [0.4, 0.5) is 4.39 Å². The molecule has 2 aromatic carbocycles. The molecule has 1 aromatic heterocycles. The lowest BCUT2D eigenvalue weighted by atomic mass is 9.84. The van der Waals surface area contributed by atoms with Crippen molar-refractivity contribution in [2.24, 2.45) is 0 Å². The Kier molecular flexibility index (Phi) is 5.30. The van der Waals surface area contributed by atoms with Gasteiger partial charge in [-0.15, -0.1) is 10.2 Å². The molecule has 0 saturated heterocycles. The zero-order valence-electron chi connectivity index (χ0n) is 15.6. The zero-order chi connectivity index (χ0) is 19.4. The first-order valence-electron chi connectivity index (χ1n) is 8.71. The molecule has 0 atom stereocenters. The molecule has 1 N–H and O–H groups in total. The number of carbonyl (C=O) groups is 1. The second-order valence-corrected chi connectivity index (χ2v) is 7.18. The average molecular weight is 367 g/mol. The van der Waals surface area contributed by atoms with E-state index in [-0.39, 0.29) is 18.3 Å². The normalized spacial score (nSPS) is 11.4. The maximum absolute atomic E-state index is 13.4. The van der Waals surface area contributed by atoms with Gasteiger partial charge in [0.15, 0.2) is 0 Å². The van der Waals surface area contributed by atoms with Crippen LogP contribution in [0.15, 0.2) is 48.5 Å². The van der Waals surface area contributed by atoms with Crippen LogP contribution < -0.4 is 5.32 Å². The maximum atomic E-state index is 13.4. The summed E-state index contributed by atoms with van der Waals surface area (Å²) in [6.45, 7) is 6.24. The van der Waals surface area contributed by atoms with Crippen LogP contribution in [0, 0.1) is 12.7 Å². The van der Waals surface area contributed by atoms with Crippen molar-refractivity contribution in [2.45, 2.75) is 32.7 Å². The Morgan fingerprint density at radius 2 is 1.93 bits per heavy atom. The summed E-state index contributed by atoms with van der Waals surface area (Å²) in [6, 6.07) is 14.2. The number of nitrogens with zero attached hydrogens (tertiary/aromatic N) is 4. The number of benzene rings is 2. The summed E-state index contributed by atoms with van der Waals surface area (Å²) in [5.74, 6) is -0.0439. The molecule has 7 heteroatoms. The Morgan fingerprint density at radius 1 is 1.19 bits per heavy atom. The van der Waals surface area contributed by atoms with Crippen molar-refractivity contribution in [1.29, 1.82) is 0 Å². The first-order chi connectivity index (χ1) is 12.8. The van der Waals surface area contributed by atoms with Gasteiger partial charge in [0.05, 0.1) is 0 Å². The minimum atomic E-state index is -0.402. The molecule has 27 heavy (non-hydrogen) atoms. The summed E-state index contributed by atoms with van der Waals surface area (Å²) in [5, 5.41) is 15.0. The molecule has 0 bridgehead atoms. The molecule has 0 aliphatic heterocycles. The minimum absolute atomic E-state index is 0.0297. The summed E-state index contributed by atoms with van der Waals surface area (Å²) in [4.78, 5) is 13.5. The van der Waals surface area contributed by atoms with Crippen LogP contribution in [-0.4, -0.2) is 32.7 Å². The molecule has 0 radical (unpaired) electrons. The number of aromatic nitrogens is 4. The van der Waals surface area contributed by atoms with Crippen LogP contribution in [0.5, 0.6) is 0 Å². The van der Waals surface area contributed by atoms with Crippen molar-refractivity contribution in [3.05, 3.63) is 65.5 Å². The molecule has 0 saturated carbocycles. The van der Waals surface area contributed by atoms with Crippen molar-refractivity contribution < 1.29 is 9.18 Å². The van der Waals surface area contributed by atoms with Gasteiger partial charge < -0.3 is 5.32 Å². The number of rotatable bonds is 6. The summed E-state index contributed by atoms with van der Waals surface area (Å²) in [5.41, 5.74) is 2.41. The van der Waals surface area contributed by atoms with Gasteiger partial charge in [0, 0.05) is 17.5 Å². The van der Waals surface area contributed by atoms with Crippen LogP contribution in [-0.2, 0) is 16.8 Å². The van der Waals surface area contributed by atoms with Crippen molar-refractivity contribution in [3.8, 4) is 11.4 Å². The van der Waals surface area contributed by atoms with Crippen LogP contribution in [0.1, 0.15) is 25.0 Å². The zero-order valence-corrected chi connectivity index (χ0v) is 15.6. The smallest absolute Gasteiger partial charge is 0.243 e. The standard InChI is InChI=1S/C20H22FN5O/c1-14-7-9-15(10-8-14)19-23-25-26(24-19)12-18(27)22-13-20(2,3)16-5-4-6-17(21)11-16/h4-11H,12-13H2,1-3H3,(H,22,27). The van der Waals surface area contributed by atoms with Crippen molar-refractivity contribution in [2.75, 3.05) is 6.54 Å². The summed E-state index contributed by atoms with van der Waals surface area (Å²) in [7, 11) is 0. The molecule has 0 fully saturated rings. The summed E-state index contributed by atoms with van der Waals surface area (Å²) >= 11 is 0. The maximum Gasteiger partial charge on any atom is 0.243 e. The first-order valence-corrected chi connectivity index (χ1v) is 8.71. The molecule has 6 nitrogen and oxygen atoms in total. The highest BCUT2D eigenvalue weighted by molar-refractivity contribution is 5.75. The number of halogens is 1. The predicted molar refractivity (Wildman–Crippen MR) is 100 cm³/mol. The van der Waals surface area contributed by atoms with Gasteiger partial charge in [0.1, 0.15) is 12.4 Å². The van der Waals surface area contributed by atoms with Gasteiger partial charge in [-0.3, -0.25) is 4.79 Å². The first kappa shape index (κ1) is 18.7. The third-order valence-corrected chi connectivity index (χ3v) is 4.38. The number of aryl methyl sites for hydroxylation is 1. The van der Waals surface area contributed by atoms with Crippen LogP contribution in [0.2, 0.25) is 0 Å². The molecule has 0 spiro atoms. The number of amides is 1. The second-order valence-electron chi connectivity index (χ2n) is 7.18. The molecular formula is C20H22FN5O. The molecule has 0 aliphatic rings. The van der Waals surface area contributed by atoms with E-state index in [1.165, 1.54) is 16.9 Å². The fourth-order valence-electron chi connectivity index (χ4n) is 2.64.